The van der Waals surface area contributed by atoms with Crippen molar-refractivity contribution in [3.8, 4) is 11.5 Å². The fourth-order valence-corrected chi connectivity index (χ4v) is 3.40. The number of ether oxygens (including phenoxy) is 2. The molecule has 6 nitrogen and oxygen atoms in total. The van der Waals surface area contributed by atoms with Crippen LogP contribution in [0.1, 0.15) is 58.1 Å². The van der Waals surface area contributed by atoms with Crippen LogP contribution in [0.15, 0.2) is 23.2 Å². The van der Waals surface area contributed by atoms with E-state index in [2.05, 4.69) is 29.5 Å². The van der Waals surface area contributed by atoms with Crippen molar-refractivity contribution < 1.29 is 14.6 Å². The third-order valence-corrected chi connectivity index (χ3v) is 5.24. The number of guanidine groups is 1. The molecule has 1 aromatic rings. The maximum absolute atomic E-state index is 10.5. The van der Waals surface area contributed by atoms with E-state index in [9.17, 15) is 5.11 Å². The zero-order chi connectivity index (χ0) is 19.9. The molecule has 3 N–H and O–H groups in total. The number of aliphatic imine (C=N–C) groups is 1. The normalized spacial score (nSPS) is 18.0. The first-order valence-corrected chi connectivity index (χ1v) is 9.83. The van der Waals surface area contributed by atoms with Crippen LogP contribution >= 0.6 is 24.0 Å². The predicted octanol–water partition coefficient (Wildman–Crippen LogP) is 3.88. The summed E-state index contributed by atoms with van der Waals surface area (Å²) in [6.07, 6.45) is 4.03. The van der Waals surface area contributed by atoms with Gasteiger partial charge in [-0.15, -0.1) is 24.0 Å². The molecule has 2 rings (SSSR count). The van der Waals surface area contributed by atoms with Crippen LogP contribution in [-0.2, 0) is 0 Å². The first-order valence-electron chi connectivity index (χ1n) is 9.83. The number of halogens is 1. The molecule has 1 saturated carbocycles. The number of hydrogen-bond acceptors (Lipinski definition) is 4. The first kappa shape index (κ1) is 24.8. The maximum atomic E-state index is 10.5. The van der Waals surface area contributed by atoms with Crippen LogP contribution in [0.3, 0.4) is 0 Å². The number of rotatable bonds is 7. The van der Waals surface area contributed by atoms with Crippen molar-refractivity contribution in [2.75, 3.05) is 27.3 Å². The number of aliphatic hydroxyl groups excluding tert-OH is 1. The van der Waals surface area contributed by atoms with Gasteiger partial charge in [0.2, 0.25) is 0 Å². The van der Waals surface area contributed by atoms with E-state index in [0.29, 0.717) is 23.0 Å². The van der Waals surface area contributed by atoms with Crippen LogP contribution in [0.5, 0.6) is 11.5 Å². The smallest absolute Gasteiger partial charge is 0.191 e. The van der Waals surface area contributed by atoms with Crippen LogP contribution in [0.2, 0.25) is 0 Å². The molecular weight excluding hydrogens is 469 g/mol. The van der Waals surface area contributed by atoms with E-state index >= 15 is 0 Å². The van der Waals surface area contributed by atoms with Crippen molar-refractivity contribution in [1.82, 2.24) is 10.6 Å². The average Bonchev–Trinajstić information content (AvgIpc) is 2.67. The Morgan fingerprint density at radius 3 is 2.43 bits per heavy atom. The Morgan fingerprint density at radius 1 is 1.21 bits per heavy atom. The minimum absolute atomic E-state index is 0. The van der Waals surface area contributed by atoms with E-state index in [4.69, 9.17) is 9.47 Å². The van der Waals surface area contributed by atoms with Gasteiger partial charge in [0.05, 0.1) is 26.9 Å². The second-order valence-electron chi connectivity index (χ2n) is 7.93. The summed E-state index contributed by atoms with van der Waals surface area (Å²) in [4.78, 5) is 4.59. The summed E-state index contributed by atoms with van der Waals surface area (Å²) in [5.74, 6) is 2.02. The Labute approximate surface area is 186 Å². The van der Waals surface area contributed by atoms with Crippen LogP contribution in [0.4, 0.5) is 0 Å². The number of aliphatic hydroxyl groups is 1. The van der Waals surface area contributed by atoms with Gasteiger partial charge >= 0.3 is 0 Å². The summed E-state index contributed by atoms with van der Waals surface area (Å²) in [6.45, 7) is 7.79. The maximum Gasteiger partial charge on any atom is 0.191 e. The molecule has 1 atom stereocenters. The summed E-state index contributed by atoms with van der Waals surface area (Å²) in [7, 11) is 3.18. The Hall–Kier alpha value is -1.22. The van der Waals surface area contributed by atoms with Crippen molar-refractivity contribution in [2.45, 2.75) is 58.6 Å². The highest BCUT2D eigenvalue weighted by atomic mass is 127. The van der Waals surface area contributed by atoms with Crippen LogP contribution in [0, 0.1) is 5.41 Å². The highest BCUT2D eigenvalue weighted by molar-refractivity contribution is 14.0. The largest absolute Gasteiger partial charge is 0.493 e. The van der Waals surface area contributed by atoms with Crippen LogP contribution < -0.4 is 20.1 Å². The Bertz CT molecular complexity index is 627. The van der Waals surface area contributed by atoms with Gasteiger partial charge < -0.3 is 25.2 Å². The van der Waals surface area contributed by atoms with Crippen LogP contribution in [0.25, 0.3) is 0 Å². The quantitative estimate of drug-likeness (QED) is 0.298. The summed E-state index contributed by atoms with van der Waals surface area (Å²) >= 11 is 0. The molecule has 0 spiro atoms. The lowest BCUT2D eigenvalue weighted by Crippen LogP contribution is -2.45. The highest BCUT2D eigenvalue weighted by Crippen LogP contribution is 2.35. The lowest BCUT2D eigenvalue weighted by atomic mass is 9.75. The van der Waals surface area contributed by atoms with E-state index in [1.807, 2.05) is 13.0 Å². The Kier molecular flexibility index (Phi) is 10.4. The van der Waals surface area contributed by atoms with Gasteiger partial charge in [0.25, 0.3) is 0 Å². The molecule has 0 heterocycles. The second kappa shape index (κ2) is 11.7. The fraction of sp³-hybridized carbons (Fsp3) is 0.667. The molecule has 0 radical (unpaired) electrons. The third kappa shape index (κ3) is 7.31. The topological polar surface area (TPSA) is 75.1 Å². The molecule has 1 aromatic carbocycles. The molecule has 1 aliphatic rings. The van der Waals surface area contributed by atoms with Crippen molar-refractivity contribution in [1.29, 1.82) is 0 Å². The number of nitrogens with zero attached hydrogens (tertiary/aromatic N) is 1. The number of benzene rings is 1. The molecule has 0 saturated heterocycles. The third-order valence-electron chi connectivity index (χ3n) is 5.24. The van der Waals surface area contributed by atoms with Crippen LogP contribution in [-0.4, -0.2) is 44.4 Å². The van der Waals surface area contributed by atoms with Crippen molar-refractivity contribution in [3.63, 3.8) is 0 Å². The lowest BCUT2D eigenvalue weighted by molar-refractivity contribution is 0.186. The van der Waals surface area contributed by atoms with Gasteiger partial charge in [0.15, 0.2) is 17.5 Å². The minimum atomic E-state index is -0.703. The van der Waals surface area contributed by atoms with Crippen molar-refractivity contribution in [2.24, 2.45) is 10.4 Å². The van der Waals surface area contributed by atoms with Gasteiger partial charge in [-0.1, -0.05) is 19.9 Å². The monoisotopic (exact) mass is 505 g/mol. The number of nitrogens with one attached hydrogen (secondary N) is 2. The Morgan fingerprint density at radius 2 is 1.86 bits per heavy atom. The van der Waals surface area contributed by atoms with Gasteiger partial charge in [-0.25, -0.2) is 0 Å². The summed E-state index contributed by atoms with van der Waals surface area (Å²) < 4.78 is 10.6. The summed E-state index contributed by atoms with van der Waals surface area (Å²) in [6, 6.07) is 5.87. The molecule has 160 valence electrons. The molecule has 1 fully saturated rings. The SMILES string of the molecule is CCNC(=NCC(O)c1ccc(OC)c(OC)c1)NC1CCC(C)(C)CC1.I. The van der Waals surface area contributed by atoms with E-state index in [0.717, 1.165) is 30.9 Å². The molecule has 28 heavy (non-hydrogen) atoms. The van der Waals surface area contributed by atoms with Gasteiger partial charge in [-0.2, -0.15) is 0 Å². The van der Waals surface area contributed by atoms with Gasteiger partial charge in [-0.05, 0) is 55.7 Å². The lowest BCUT2D eigenvalue weighted by Gasteiger charge is -2.35. The zero-order valence-electron chi connectivity index (χ0n) is 17.7. The predicted molar refractivity (Wildman–Crippen MR) is 125 cm³/mol. The van der Waals surface area contributed by atoms with Gasteiger partial charge in [0.1, 0.15) is 0 Å². The standard InChI is InChI=1S/C21H35N3O3.HI/c1-6-22-20(24-16-9-11-21(2,3)12-10-16)23-14-17(25)15-7-8-18(26-4)19(13-15)27-5;/h7-8,13,16-17,25H,6,9-12,14H2,1-5H3,(H2,22,23,24);1H. The first-order chi connectivity index (χ1) is 12.9. The van der Waals surface area contributed by atoms with E-state index in [1.165, 1.54) is 12.8 Å². The molecule has 1 aliphatic carbocycles. The zero-order valence-corrected chi connectivity index (χ0v) is 20.1. The Balaban J connectivity index is 0.00000392. The minimum Gasteiger partial charge on any atom is -0.493 e. The molecule has 0 aromatic heterocycles. The number of hydrogen-bond donors (Lipinski definition) is 3. The molecule has 0 bridgehead atoms. The fourth-order valence-electron chi connectivity index (χ4n) is 3.40. The van der Waals surface area contributed by atoms with E-state index < -0.39 is 6.10 Å². The second-order valence-corrected chi connectivity index (χ2v) is 7.93. The molecule has 7 heteroatoms. The highest BCUT2D eigenvalue weighted by Gasteiger charge is 2.27. The molecule has 1 unspecified atom stereocenters. The van der Waals surface area contributed by atoms with Gasteiger partial charge in [-0.3, -0.25) is 4.99 Å². The average molecular weight is 505 g/mol. The van der Waals surface area contributed by atoms with Crippen molar-refractivity contribution >= 4 is 29.9 Å². The molecular formula is C21H36IN3O3. The molecule has 0 aliphatic heterocycles. The van der Waals surface area contributed by atoms with E-state index in [1.54, 1.807) is 26.4 Å². The van der Waals surface area contributed by atoms with E-state index in [-0.39, 0.29) is 30.5 Å². The molecule has 0 amide bonds. The number of methoxy groups -OCH3 is 2. The van der Waals surface area contributed by atoms with Gasteiger partial charge in [0, 0.05) is 12.6 Å². The summed E-state index contributed by atoms with van der Waals surface area (Å²) in [5, 5.41) is 17.3. The summed E-state index contributed by atoms with van der Waals surface area (Å²) in [5.41, 5.74) is 1.20. The van der Waals surface area contributed by atoms with Crippen molar-refractivity contribution in [3.05, 3.63) is 23.8 Å².